The molecule has 0 spiro atoms. The zero-order chi connectivity index (χ0) is 15.0. The van der Waals surface area contributed by atoms with E-state index in [-0.39, 0.29) is 0 Å². The van der Waals surface area contributed by atoms with Crippen LogP contribution < -0.4 is 0 Å². The fraction of sp³-hybridized carbons (Fsp3) is 0.625. The maximum Gasteiger partial charge on any atom is 0.123 e. The van der Waals surface area contributed by atoms with Gasteiger partial charge in [0, 0.05) is 36.2 Å². The van der Waals surface area contributed by atoms with E-state index >= 15 is 0 Å². The molecule has 21 heavy (non-hydrogen) atoms. The number of imidazole rings is 1. The fourth-order valence-electron chi connectivity index (χ4n) is 3.40. The minimum absolute atomic E-state index is 0.419. The molecule has 1 fully saturated rings. The lowest BCUT2D eigenvalue weighted by Gasteiger charge is -2.23. The van der Waals surface area contributed by atoms with Crippen molar-refractivity contribution in [3.8, 4) is 0 Å². The van der Waals surface area contributed by atoms with Crippen LogP contribution in [0, 0.1) is 20.8 Å². The molecule has 1 aliphatic heterocycles. The Hall–Kier alpha value is -1.62. The van der Waals surface area contributed by atoms with Crippen molar-refractivity contribution in [2.45, 2.75) is 59.7 Å². The van der Waals surface area contributed by atoms with Crippen molar-refractivity contribution < 1.29 is 0 Å². The van der Waals surface area contributed by atoms with Gasteiger partial charge < -0.3 is 4.98 Å². The van der Waals surface area contributed by atoms with Crippen LogP contribution in [0.1, 0.15) is 54.3 Å². The van der Waals surface area contributed by atoms with Crippen molar-refractivity contribution in [3.05, 3.63) is 34.7 Å². The number of nitrogens with zero attached hydrogens (tertiary/aromatic N) is 4. The Morgan fingerprint density at radius 1 is 1.33 bits per heavy atom. The highest BCUT2D eigenvalue weighted by Crippen LogP contribution is 2.32. The van der Waals surface area contributed by atoms with E-state index in [1.807, 2.05) is 6.20 Å². The normalized spacial score (nSPS) is 19.5. The third kappa shape index (κ3) is 2.62. The molecule has 5 nitrogen and oxygen atoms in total. The standard InChI is InChI=1S/C16H25N5/c1-5-21-13(4)14(12(3)19-21)10-20-8-6-7-15(20)16-17-9-11(2)18-16/h9,15H,5-8,10H2,1-4H3,(H,17,18)/t15-/m0/s1. The monoisotopic (exact) mass is 287 g/mol. The third-order valence-electron chi connectivity index (χ3n) is 4.59. The Balaban J connectivity index is 1.82. The van der Waals surface area contributed by atoms with E-state index in [2.05, 4.69) is 52.3 Å². The SMILES string of the molecule is CCn1nc(C)c(CN2CCC[C@H]2c2ncc(C)[nH]2)c1C. The molecule has 0 aromatic carbocycles. The molecule has 1 aliphatic rings. The lowest BCUT2D eigenvalue weighted by atomic mass is 10.1. The average Bonchev–Trinajstić information content (AvgIpc) is 3.14. The summed E-state index contributed by atoms with van der Waals surface area (Å²) in [6, 6.07) is 0.419. The van der Waals surface area contributed by atoms with Crippen LogP contribution in [0.2, 0.25) is 0 Å². The summed E-state index contributed by atoms with van der Waals surface area (Å²) in [5, 5.41) is 4.64. The van der Waals surface area contributed by atoms with E-state index in [0.717, 1.165) is 36.8 Å². The highest BCUT2D eigenvalue weighted by atomic mass is 15.3. The highest BCUT2D eigenvalue weighted by Gasteiger charge is 2.29. The maximum atomic E-state index is 4.64. The van der Waals surface area contributed by atoms with Gasteiger partial charge >= 0.3 is 0 Å². The first kappa shape index (κ1) is 14.3. The predicted molar refractivity (Wildman–Crippen MR) is 83.1 cm³/mol. The maximum absolute atomic E-state index is 4.64. The summed E-state index contributed by atoms with van der Waals surface area (Å²) < 4.78 is 2.10. The van der Waals surface area contributed by atoms with Crippen molar-refractivity contribution >= 4 is 0 Å². The topological polar surface area (TPSA) is 49.7 Å². The van der Waals surface area contributed by atoms with Crippen LogP contribution >= 0.6 is 0 Å². The molecule has 1 atom stereocenters. The second kappa shape index (κ2) is 5.64. The molecule has 3 rings (SSSR count). The van der Waals surface area contributed by atoms with Crippen molar-refractivity contribution in [2.24, 2.45) is 0 Å². The Kier molecular flexibility index (Phi) is 3.85. The summed E-state index contributed by atoms with van der Waals surface area (Å²) in [5.41, 5.74) is 4.99. The number of H-pyrrole nitrogens is 1. The largest absolute Gasteiger partial charge is 0.345 e. The molecule has 0 radical (unpaired) electrons. The Bertz CT molecular complexity index is 625. The molecule has 5 heteroatoms. The smallest absolute Gasteiger partial charge is 0.123 e. The molecule has 0 bridgehead atoms. The number of aromatic nitrogens is 4. The van der Waals surface area contributed by atoms with Gasteiger partial charge in [0.25, 0.3) is 0 Å². The second-order valence-electron chi connectivity index (χ2n) is 6.05. The molecular formula is C16H25N5. The Morgan fingerprint density at radius 3 is 2.76 bits per heavy atom. The molecule has 1 saturated heterocycles. The molecule has 2 aromatic rings. The zero-order valence-corrected chi connectivity index (χ0v) is 13.5. The Morgan fingerprint density at radius 2 is 2.14 bits per heavy atom. The summed E-state index contributed by atoms with van der Waals surface area (Å²) in [5.74, 6) is 1.11. The van der Waals surface area contributed by atoms with Gasteiger partial charge in [0.05, 0.1) is 11.7 Å². The van der Waals surface area contributed by atoms with Gasteiger partial charge in [-0.05, 0) is 47.1 Å². The van der Waals surface area contributed by atoms with E-state index in [4.69, 9.17) is 0 Å². The number of hydrogen-bond acceptors (Lipinski definition) is 3. The summed E-state index contributed by atoms with van der Waals surface area (Å²) in [6.07, 6.45) is 4.36. The number of likely N-dealkylation sites (tertiary alicyclic amines) is 1. The van der Waals surface area contributed by atoms with Gasteiger partial charge in [-0.1, -0.05) is 0 Å². The average molecular weight is 287 g/mol. The number of nitrogens with one attached hydrogen (secondary N) is 1. The molecule has 3 heterocycles. The van der Waals surface area contributed by atoms with Gasteiger partial charge in [-0.3, -0.25) is 9.58 Å². The molecule has 1 N–H and O–H groups in total. The van der Waals surface area contributed by atoms with E-state index in [9.17, 15) is 0 Å². The lowest BCUT2D eigenvalue weighted by Crippen LogP contribution is -2.24. The van der Waals surface area contributed by atoms with Crippen molar-refractivity contribution in [1.29, 1.82) is 0 Å². The molecule has 114 valence electrons. The highest BCUT2D eigenvalue weighted by molar-refractivity contribution is 5.25. The van der Waals surface area contributed by atoms with Crippen molar-refractivity contribution in [3.63, 3.8) is 0 Å². The van der Waals surface area contributed by atoms with E-state index in [1.165, 1.54) is 24.1 Å². The van der Waals surface area contributed by atoms with Gasteiger partial charge in [-0.15, -0.1) is 0 Å². The van der Waals surface area contributed by atoms with E-state index in [1.54, 1.807) is 0 Å². The zero-order valence-electron chi connectivity index (χ0n) is 13.5. The van der Waals surface area contributed by atoms with Crippen LogP contribution in [0.3, 0.4) is 0 Å². The van der Waals surface area contributed by atoms with Gasteiger partial charge in [0.1, 0.15) is 5.82 Å². The summed E-state index contributed by atoms with van der Waals surface area (Å²) in [4.78, 5) is 10.5. The van der Waals surface area contributed by atoms with Crippen LogP contribution in [-0.2, 0) is 13.1 Å². The van der Waals surface area contributed by atoms with Gasteiger partial charge in [-0.2, -0.15) is 5.10 Å². The molecular weight excluding hydrogens is 262 g/mol. The number of aryl methyl sites for hydroxylation is 3. The van der Waals surface area contributed by atoms with Crippen LogP contribution in [0.4, 0.5) is 0 Å². The van der Waals surface area contributed by atoms with Crippen molar-refractivity contribution in [1.82, 2.24) is 24.6 Å². The minimum Gasteiger partial charge on any atom is -0.345 e. The molecule has 0 amide bonds. The first-order chi connectivity index (χ1) is 10.1. The third-order valence-corrected chi connectivity index (χ3v) is 4.59. The van der Waals surface area contributed by atoms with Gasteiger partial charge in [0.2, 0.25) is 0 Å². The summed E-state index contributed by atoms with van der Waals surface area (Å²) >= 11 is 0. The fourth-order valence-corrected chi connectivity index (χ4v) is 3.40. The lowest BCUT2D eigenvalue weighted by molar-refractivity contribution is 0.239. The van der Waals surface area contributed by atoms with Crippen molar-refractivity contribution in [2.75, 3.05) is 6.54 Å². The number of rotatable bonds is 4. The molecule has 0 aliphatic carbocycles. The summed E-state index contributed by atoms with van der Waals surface area (Å²) in [6.45, 7) is 11.6. The first-order valence-corrected chi connectivity index (χ1v) is 7.88. The van der Waals surface area contributed by atoms with Crippen LogP contribution in [0.5, 0.6) is 0 Å². The van der Waals surface area contributed by atoms with Gasteiger partial charge in [0.15, 0.2) is 0 Å². The van der Waals surface area contributed by atoms with Gasteiger partial charge in [-0.25, -0.2) is 4.98 Å². The van der Waals surface area contributed by atoms with Crippen LogP contribution in [-0.4, -0.2) is 31.2 Å². The predicted octanol–water partition coefficient (Wildman–Crippen LogP) is 2.89. The number of aromatic amines is 1. The minimum atomic E-state index is 0.419. The molecule has 0 unspecified atom stereocenters. The second-order valence-corrected chi connectivity index (χ2v) is 6.05. The molecule has 0 saturated carbocycles. The van der Waals surface area contributed by atoms with E-state index < -0.39 is 0 Å². The van der Waals surface area contributed by atoms with E-state index in [0.29, 0.717) is 6.04 Å². The number of hydrogen-bond donors (Lipinski definition) is 1. The first-order valence-electron chi connectivity index (χ1n) is 7.88. The van der Waals surface area contributed by atoms with Crippen LogP contribution in [0.15, 0.2) is 6.20 Å². The molecule has 2 aromatic heterocycles. The van der Waals surface area contributed by atoms with Crippen LogP contribution in [0.25, 0.3) is 0 Å². The quantitative estimate of drug-likeness (QED) is 0.940. The Labute approximate surface area is 126 Å². The summed E-state index contributed by atoms with van der Waals surface area (Å²) in [7, 11) is 0.